The van der Waals surface area contributed by atoms with E-state index in [-0.39, 0.29) is 11.0 Å². The van der Waals surface area contributed by atoms with Gasteiger partial charge >= 0.3 is 5.22 Å². The van der Waals surface area contributed by atoms with E-state index in [2.05, 4.69) is 4.98 Å². The SMILES string of the molecule is Nc1ccc2nc(S(=O)(=O)CCC3CC3)oc2c1. The summed E-state index contributed by atoms with van der Waals surface area (Å²) in [6.07, 6.45) is 2.97. The van der Waals surface area contributed by atoms with Crippen LogP contribution >= 0.6 is 0 Å². The lowest BCUT2D eigenvalue weighted by molar-refractivity contribution is 0.457. The average molecular weight is 266 g/mol. The minimum Gasteiger partial charge on any atom is -0.428 e. The van der Waals surface area contributed by atoms with Gasteiger partial charge in [-0.1, -0.05) is 12.8 Å². The smallest absolute Gasteiger partial charge is 0.316 e. The van der Waals surface area contributed by atoms with Gasteiger partial charge in [-0.25, -0.2) is 8.42 Å². The van der Waals surface area contributed by atoms with Gasteiger partial charge in [-0.3, -0.25) is 0 Å². The van der Waals surface area contributed by atoms with Crippen molar-refractivity contribution in [3.63, 3.8) is 0 Å². The molecule has 1 saturated carbocycles. The van der Waals surface area contributed by atoms with Crippen LogP contribution in [0.4, 0.5) is 5.69 Å². The summed E-state index contributed by atoms with van der Waals surface area (Å²) < 4.78 is 29.4. The van der Waals surface area contributed by atoms with E-state index in [0.717, 1.165) is 12.8 Å². The van der Waals surface area contributed by atoms with Crippen LogP contribution in [0.1, 0.15) is 19.3 Å². The lowest BCUT2D eigenvalue weighted by Gasteiger charge is -1.97. The van der Waals surface area contributed by atoms with Crippen LogP contribution in [0, 0.1) is 5.92 Å². The van der Waals surface area contributed by atoms with Crippen LogP contribution in [0.5, 0.6) is 0 Å². The van der Waals surface area contributed by atoms with Crippen LogP contribution < -0.4 is 5.73 Å². The molecule has 1 fully saturated rings. The molecule has 18 heavy (non-hydrogen) atoms. The maximum Gasteiger partial charge on any atom is 0.316 e. The van der Waals surface area contributed by atoms with E-state index in [1.807, 2.05) is 0 Å². The zero-order valence-electron chi connectivity index (χ0n) is 9.80. The van der Waals surface area contributed by atoms with Crippen LogP contribution in [-0.4, -0.2) is 19.2 Å². The van der Waals surface area contributed by atoms with E-state index in [1.165, 1.54) is 0 Å². The van der Waals surface area contributed by atoms with Gasteiger partial charge in [-0.05, 0) is 24.5 Å². The molecular formula is C12H14N2O3S. The summed E-state index contributed by atoms with van der Waals surface area (Å²) in [4.78, 5) is 4.01. The van der Waals surface area contributed by atoms with Crippen molar-refractivity contribution in [2.24, 2.45) is 5.92 Å². The molecule has 1 aromatic heterocycles. The molecule has 0 atom stereocenters. The summed E-state index contributed by atoms with van der Waals surface area (Å²) in [5, 5.41) is -0.191. The van der Waals surface area contributed by atoms with E-state index in [9.17, 15) is 8.42 Å². The lowest BCUT2D eigenvalue weighted by Crippen LogP contribution is -2.07. The molecule has 1 aliphatic rings. The molecule has 0 unspecified atom stereocenters. The van der Waals surface area contributed by atoms with Gasteiger partial charge in [0, 0.05) is 11.8 Å². The van der Waals surface area contributed by atoms with Gasteiger partial charge in [0.1, 0.15) is 5.52 Å². The summed E-state index contributed by atoms with van der Waals surface area (Å²) in [6, 6.07) is 4.92. The highest BCUT2D eigenvalue weighted by Crippen LogP contribution is 2.33. The number of nitrogens with two attached hydrogens (primary N) is 1. The molecule has 5 nitrogen and oxygen atoms in total. The molecule has 0 spiro atoms. The first kappa shape index (κ1) is 11.5. The predicted octanol–water partition coefficient (Wildman–Crippen LogP) is 1.98. The van der Waals surface area contributed by atoms with Crippen molar-refractivity contribution < 1.29 is 12.8 Å². The maximum atomic E-state index is 12.0. The monoisotopic (exact) mass is 266 g/mol. The number of nitrogen functional groups attached to an aromatic ring is 1. The third-order valence-corrected chi connectivity index (χ3v) is 4.63. The molecule has 0 aliphatic heterocycles. The van der Waals surface area contributed by atoms with E-state index < -0.39 is 9.84 Å². The molecule has 0 bridgehead atoms. The number of hydrogen-bond donors (Lipinski definition) is 1. The molecule has 0 radical (unpaired) electrons. The van der Waals surface area contributed by atoms with Crippen molar-refractivity contribution >= 4 is 26.6 Å². The maximum absolute atomic E-state index is 12.0. The van der Waals surface area contributed by atoms with Gasteiger partial charge in [0.15, 0.2) is 5.58 Å². The highest BCUT2D eigenvalue weighted by Gasteiger charge is 2.27. The number of sulfone groups is 1. The van der Waals surface area contributed by atoms with Crippen LogP contribution in [0.15, 0.2) is 27.8 Å². The zero-order chi connectivity index (χ0) is 12.8. The van der Waals surface area contributed by atoms with Crippen molar-refractivity contribution in [1.29, 1.82) is 0 Å². The minimum atomic E-state index is -3.41. The van der Waals surface area contributed by atoms with E-state index in [1.54, 1.807) is 18.2 Å². The Kier molecular flexibility index (Phi) is 2.55. The number of nitrogens with zero attached hydrogens (tertiary/aromatic N) is 1. The van der Waals surface area contributed by atoms with Gasteiger partial charge in [0.25, 0.3) is 0 Å². The Balaban J connectivity index is 1.92. The van der Waals surface area contributed by atoms with Crippen LogP contribution in [0.25, 0.3) is 11.1 Å². The molecule has 2 aromatic rings. The first-order valence-electron chi connectivity index (χ1n) is 5.93. The van der Waals surface area contributed by atoms with Crippen LogP contribution in [-0.2, 0) is 9.84 Å². The normalized spacial score (nSPS) is 16.2. The van der Waals surface area contributed by atoms with Crippen LogP contribution in [0.2, 0.25) is 0 Å². The fourth-order valence-corrected chi connectivity index (χ4v) is 3.14. The van der Waals surface area contributed by atoms with E-state index in [0.29, 0.717) is 29.1 Å². The Hall–Kier alpha value is -1.56. The Morgan fingerprint density at radius 2 is 2.17 bits per heavy atom. The number of hydrogen-bond acceptors (Lipinski definition) is 5. The second-order valence-corrected chi connectivity index (χ2v) is 6.74. The molecule has 1 aromatic carbocycles. The Labute approximate surface area is 105 Å². The fourth-order valence-electron chi connectivity index (χ4n) is 1.87. The third-order valence-electron chi connectivity index (χ3n) is 3.15. The summed E-state index contributed by atoms with van der Waals surface area (Å²) in [6.45, 7) is 0. The zero-order valence-corrected chi connectivity index (χ0v) is 10.6. The Morgan fingerprint density at radius 1 is 1.39 bits per heavy atom. The number of oxazole rings is 1. The van der Waals surface area contributed by atoms with Crippen molar-refractivity contribution in [3.05, 3.63) is 18.2 Å². The van der Waals surface area contributed by atoms with Crippen molar-refractivity contribution in [2.45, 2.75) is 24.5 Å². The topological polar surface area (TPSA) is 86.2 Å². The molecule has 6 heteroatoms. The molecule has 2 N–H and O–H groups in total. The highest BCUT2D eigenvalue weighted by atomic mass is 32.2. The molecule has 3 rings (SSSR count). The first-order valence-corrected chi connectivity index (χ1v) is 7.59. The van der Waals surface area contributed by atoms with E-state index >= 15 is 0 Å². The summed E-state index contributed by atoms with van der Waals surface area (Å²) in [5.41, 5.74) is 7.08. The van der Waals surface area contributed by atoms with E-state index in [4.69, 9.17) is 10.2 Å². The molecule has 1 heterocycles. The van der Waals surface area contributed by atoms with Gasteiger partial charge in [0.2, 0.25) is 9.84 Å². The van der Waals surface area contributed by atoms with Gasteiger partial charge < -0.3 is 10.2 Å². The largest absolute Gasteiger partial charge is 0.428 e. The second-order valence-electron chi connectivity index (χ2n) is 4.76. The minimum absolute atomic E-state index is 0.111. The van der Waals surface area contributed by atoms with Gasteiger partial charge in [-0.2, -0.15) is 4.98 Å². The highest BCUT2D eigenvalue weighted by molar-refractivity contribution is 7.91. The summed E-state index contributed by atoms with van der Waals surface area (Å²) >= 11 is 0. The van der Waals surface area contributed by atoms with Gasteiger partial charge in [-0.15, -0.1) is 0 Å². The molecule has 0 saturated heterocycles. The molecule has 1 aliphatic carbocycles. The fraction of sp³-hybridized carbons (Fsp3) is 0.417. The van der Waals surface area contributed by atoms with Crippen LogP contribution in [0.3, 0.4) is 0 Å². The number of benzene rings is 1. The molecule has 0 amide bonds. The number of aromatic nitrogens is 1. The molecular weight excluding hydrogens is 252 g/mol. The third kappa shape index (κ3) is 2.20. The number of anilines is 1. The van der Waals surface area contributed by atoms with Gasteiger partial charge in [0.05, 0.1) is 5.75 Å². The summed E-state index contributed by atoms with van der Waals surface area (Å²) in [5.74, 6) is 0.680. The lowest BCUT2D eigenvalue weighted by atomic mass is 10.3. The number of rotatable bonds is 4. The molecule has 96 valence electrons. The quantitative estimate of drug-likeness (QED) is 0.855. The average Bonchev–Trinajstić information content (AvgIpc) is 3.05. The van der Waals surface area contributed by atoms with Crippen molar-refractivity contribution in [3.8, 4) is 0 Å². The van der Waals surface area contributed by atoms with Crippen molar-refractivity contribution in [1.82, 2.24) is 4.98 Å². The second kappa shape index (κ2) is 3.98. The Bertz CT molecular complexity index is 686. The predicted molar refractivity (Wildman–Crippen MR) is 67.8 cm³/mol. The standard InChI is InChI=1S/C12H14N2O3S/c13-9-3-4-10-11(7-9)17-12(14-10)18(15,16)6-5-8-1-2-8/h3-4,7-8H,1-2,5-6,13H2. The van der Waals surface area contributed by atoms with Crippen molar-refractivity contribution in [2.75, 3.05) is 11.5 Å². The Morgan fingerprint density at radius 3 is 2.89 bits per heavy atom. The first-order chi connectivity index (χ1) is 8.54. The number of fused-ring (bicyclic) bond motifs is 1. The summed E-state index contributed by atoms with van der Waals surface area (Å²) in [7, 11) is -3.41.